The summed E-state index contributed by atoms with van der Waals surface area (Å²) in [4.78, 5) is 13.0. The molecule has 0 aromatic heterocycles. The van der Waals surface area contributed by atoms with Gasteiger partial charge in [0.2, 0.25) is 0 Å². The highest BCUT2D eigenvalue weighted by atomic mass is 79.9. The molecule has 1 aromatic carbocycles. The smallest absolute Gasteiger partial charge is 0.335 e. The minimum Gasteiger partial charge on any atom is -0.478 e. The molecule has 0 unspecified atom stereocenters. The Morgan fingerprint density at radius 3 is 2.59 bits per heavy atom. The van der Waals surface area contributed by atoms with E-state index in [0.29, 0.717) is 0 Å². The van der Waals surface area contributed by atoms with E-state index in [1.807, 2.05) is 13.0 Å². The van der Waals surface area contributed by atoms with E-state index in [9.17, 15) is 4.79 Å². The predicted molar refractivity (Wildman–Crippen MR) is 73.8 cm³/mol. The van der Waals surface area contributed by atoms with E-state index in [1.54, 1.807) is 12.1 Å². The Kier molecular flexibility index (Phi) is 4.75. The summed E-state index contributed by atoms with van der Waals surface area (Å²) in [5.74, 6) is -0.916. The number of anilines is 1. The van der Waals surface area contributed by atoms with Gasteiger partial charge in [-0.3, -0.25) is 0 Å². The summed E-state index contributed by atoms with van der Waals surface area (Å²) < 4.78 is 0.792. The molecule has 0 saturated heterocycles. The maximum atomic E-state index is 10.8. The Balaban J connectivity index is 3.04. The number of hydrogen-bond acceptors (Lipinski definition) is 2. The molecule has 0 aliphatic rings. The van der Waals surface area contributed by atoms with Crippen molar-refractivity contribution in [3.63, 3.8) is 0 Å². The number of carboxylic acids is 1. The first kappa shape index (κ1) is 13.8. The van der Waals surface area contributed by atoms with E-state index in [-0.39, 0.29) is 5.56 Å². The molecule has 1 rings (SSSR count). The molecule has 1 N–H and O–H groups in total. The van der Waals surface area contributed by atoms with Crippen molar-refractivity contribution in [3.8, 4) is 0 Å². The van der Waals surface area contributed by atoms with Crippen LogP contribution in [0.5, 0.6) is 0 Å². The van der Waals surface area contributed by atoms with Crippen molar-refractivity contribution in [1.82, 2.24) is 0 Å². The van der Waals surface area contributed by atoms with Gasteiger partial charge in [-0.05, 0) is 48.0 Å². The lowest BCUT2D eigenvalue weighted by molar-refractivity contribution is 0.0697. The molecule has 0 radical (unpaired) electrons. The summed E-state index contributed by atoms with van der Waals surface area (Å²) in [6.07, 6.45) is 0. The number of carbonyl (C=O) groups is 1. The van der Waals surface area contributed by atoms with Gasteiger partial charge in [0.15, 0.2) is 0 Å². The van der Waals surface area contributed by atoms with Crippen LogP contribution in [0.25, 0.3) is 0 Å². The Labute approximate surface area is 110 Å². The van der Waals surface area contributed by atoms with Gasteiger partial charge in [-0.1, -0.05) is 12.2 Å². The van der Waals surface area contributed by atoms with E-state index in [1.165, 1.54) is 0 Å². The molecule has 0 saturated carbocycles. The minimum absolute atomic E-state index is 0.284. The molecule has 0 heterocycles. The lowest BCUT2D eigenvalue weighted by atomic mass is 10.2. The van der Waals surface area contributed by atoms with Crippen LogP contribution in [-0.4, -0.2) is 24.2 Å². The monoisotopic (exact) mass is 297 g/mol. The molecule has 3 nitrogen and oxygen atoms in total. The van der Waals surface area contributed by atoms with Gasteiger partial charge >= 0.3 is 5.97 Å². The fourth-order valence-electron chi connectivity index (χ4n) is 1.59. The molecule has 0 aliphatic carbocycles. The lowest BCUT2D eigenvalue weighted by Gasteiger charge is -2.24. The molecule has 0 atom stereocenters. The van der Waals surface area contributed by atoms with Gasteiger partial charge in [-0.2, -0.15) is 0 Å². The number of carboxylic acid groups (broad SMARTS) is 1. The van der Waals surface area contributed by atoms with Crippen LogP contribution in [0.4, 0.5) is 5.69 Å². The number of rotatable bonds is 5. The first-order chi connectivity index (χ1) is 7.95. The summed E-state index contributed by atoms with van der Waals surface area (Å²) >= 11 is 3.41. The zero-order valence-corrected chi connectivity index (χ0v) is 11.6. The van der Waals surface area contributed by atoms with Crippen molar-refractivity contribution in [1.29, 1.82) is 0 Å². The third kappa shape index (κ3) is 3.60. The first-order valence-electron chi connectivity index (χ1n) is 5.38. The molecule has 1 aromatic rings. The van der Waals surface area contributed by atoms with Crippen LogP contribution in [-0.2, 0) is 0 Å². The van der Waals surface area contributed by atoms with Crippen LogP contribution in [0, 0.1) is 0 Å². The summed E-state index contributed by atoms with van der Waals surface area (Å²) in [6, 6.07) is 5.06. The molecule has 0 amide bonds. The SMILES string of the molecule is C=C(C)CN(CC)c1ccc(C(=O)O)cc1Br. The molecule has 0 spiro atoms. The van der Waals surface area contributed by atoms with Crippen LogP contribution in [0.2, 0.25) is 0 Å². The average Bonchev–Trinajstić information content (AvgIpc) is 2.25. The number of halogens is 1. The first-order valence-corrected chi connectivity index (χ1v) is 6.17. The third-order valence-corrected chi connectivity index (χ3v) is 3.01. The number of likely N-dealkylation sites (N-methyl/N-ethyl adjacent to an activating group) is 1. The van der Waals surface area contributed by atoms with Crippen LogP contribution in [0.1, 0.15) is 24.2 Å². The molecule has 17 heavy (non-hydrogen) atoms. The minimum atomic E-state index is -0.916. The second-order valence-corrected chi connectivity index (χ2v) is 4.80. The van der Waals surface area contributed by atoms with Crippen molar-refractivity contribution in [2.45, 2.75) is 13.8 Å². The van der Waals surface area contributed by atoms with Gasteiger partial charge in [0.25, 0.3) is 0 Å². The Morgan fingerprint density at radius 2 is 2.18 bits per heavy atom. The van der Waals surface area contributed by atoms with E-state index in [4.69, 9.17) is 5.11 Å². The topological polar surface area (TPSA) is 40.5 Å². The van der Waals surface area contributed by atoms with Gasteiger partial charge in [0.05, 0.1) is 11.3 Å². The average molecular weight is 298 g/mol. The molecule has 0 fully saturated rings. The van der Waals surface area contributed by atoms with Crippen molar-refractivity contribution in [3.05, 3.63) is 40.4 Å². The maximum absolute atomic E-state index is 10.8. The largest absolute Gasteiger partial charge is 0.478 e. The second kappa shape index (κ2) is 5.87. The van der Waals surface area contributed by atoms with Crippen molar-refractivity contribution in [2.75, 3.05) is 18.0 Å². The fourth-order valence-corrected chi connectivity index (χ4v) is 2.22. The molecule has 92 valence electrons. The summed E-state index contributed by atoms with van der Waals surface area (Å²) in [5.41, 5.74) is 2.34. The second-order valence-electron chi connectivity index (χ2n) is 3.94. The van der Waals surface area contributed by atoms with Crippen LogP contribution < -0.4 is 4.90 Å². The molecule has 4 heteroatoms. The fraction of sp³-hybridized carbons (Fsp3) is 0.308. The number of nitrogens with zero attached hydrogens (tertiary/aromatic N) is 1. The Bertz CT molecular complexity index is 443. The van der Waals surface area contributed by atoms with Crippen LogP contribution in [0.3, 0.4) is 0 Å². The molecule has 0 bridgehead atoms. The lowest BCUT2D eigenvalue weighted by Crippen LogP contribution is -2.24. The van der Waals surface area contributed by atoms with Crippen molar-refractivity contribution < 1.29 is 9.90 Å². The van der Waals surface area contributed by atoms with Gasteiger partial charge in [0.1, 0.15) is 0 Å². The van der Waals surface area contributed by atoms with E-state index in [2.05, 4.69) is 34.3 Å². The van der Waals surface area contributed by atoms with E-state index >= 15 is 0 Å². The highest BCUT2D eigenvalue weighted by Gasteiger charge is 2.11. The van der Waals surface area contributed by atoms with Crippen LogP contribution in [0.15, 0.2) is 34.8 Å². The Hall–Kier alpha value is -1.29. The highest BCUT2D eigenvalue weighted by molar-refractivity contribution is 9.10. The van der Waals surface area contributed by atoms with Gasteiger partial charge < -0.3 is 10.0 Å². The summed E-state index contributed by atoms with van der Waals surface area (Å²) in [6.45, 7) is 9.53. The zero-order valence-electron chi connectivity index (χ0n) is 10.0. The number of hydrogen-bond donors (Lipinski definition) is 1. The number of aromatic carboxylic acids is 1. The van der Waals surface area contributed by atoms with E-state index < -0.39 is 5.97 Å². The normalized spacial score (nSPS) is 10.1. The molecular formula is C13H16BrNO2. The quantitative estimate of drug-likeness (QED) is 0.845. The molecular weight excluding hydrogens is 282 g/mol. The Morgan fingerprint density at radius 1 is 1.53 bits per heavy atom. The van der Waals surface area contributed by atoms with Gasteiger partial charge in [-0.25, -0.2) is 4.79 Å². The maximum Gasteiger partial charge on any atom is 0.335 e. The van der Waals surface area contributed by atoms with Gasteiger partial charge in [0, 0.05) is 17.6 Å². The molecule has 0 aliphatic heterocycles. The standard InChI is InChI=1S/C13H16BrNO2/c1-4-15(8-9(2)3)12-6-5-10(13(16)17)7-11(12)14/h5-7H,2,4,8H2,1,3H3,(H,16,17). The summed E-state index contributed by atoms with van der Waals surface area (Å²) in [7, 11) is 0. The van der Waals surface area contributed by atoms with Gasteiger partial charge in [-0.15, -0.1) is 0 Å². The van der Waals surface area contributed by atoms with Crippen molar-refractivity contribution in [2.24, 2.45) is 0 Å². The predicted octanol–water partition coefficient (Wildman–Crippen LogP) is 3.55. The number of benzene rings is 1. The summed E-state index contributed by atoms with van der Waals surface area (Å²) in [5, 5.41) is 8.89. The van der Waals surface area contributed by atoms with E-state index in [0.717, 1.165) is 28.8 Å². The third-order valence-electron chi connectivity index (χ3n) is 2.38. The highest BCUT2D eigenvalue weighted by Crippen LogP contribution is 2.27. The van der Waals surface area contributed by atoms with Crippen molar-refractivity contribution >= 4 is 27.6 Å². The van der Waals surface area contributed by atoms with Crippen LogP contribution >= 0.6 is 15.9 Å². The zero-order chi connectivity index (χ0) is 13.0.